The van der Waals surface area contributed by atoms with Crippen molar-refractivity contribution in [3.05, 3.63) is 28.3 Å². The van der Waals surface area contributed by atoms with Crippen molar-refractivity contribution < 1.29 is 22.9 Å². The summed E-state index contributed by atoms with van der Waals surface area (Å²) in [5, 5.41) is 22.2. The molecule has 100 valence electrons. The van der Waals surface area contributed by atoms with E-state index >= 15 is 0 Å². The molecule has 1 aromatic rings. The minimum absolute atomic E-state index is 0.0301. The van der Waals surface area contributed by atoms with Crippen LogP contribution in [0.15, 0.2) is 23.1 Å². The van der Waals surface area contributed by atoms with Crippen LogP contribution in [0.5, 0.6) is 0 Å². The number of amides is 1. The Kier molecular flexibility index (Phi) is 4.34. The van der Waals surface area contributed by atoms with Crippen molar-refractivity contribution >= 4 is 29.0 Å². The van der Waals surface area contributed by atoms with E-state index in [0.29, 0.717) is 11.8 Å². The molecule has 0 bridgehead atoms. The monoisotopic (exact) mass is 291 g/mol. The van der Waals surface area contributed by atoms with E-state index in [1.54, 1.807) is 5.40 Å². The lowest BCUT2D eigenvalue weighted by Crippen LogP contribution is -2.29. The lowest BCUT2D eigenvalue weighted by atomic mass is 10.2. The second-order valence-corrected chi connectivity index (χ2v) is 3.91. The average molecular weight is 291 g/mol. The van der Waals surface area contributed by atoms with Crippen LogP contribution in [0.4, 0.5) is 24.5 Å². The lowest BCUT2D eigenvalue weighted by Gasteiger charge is -2.08. The molecule has 0 aliphatic heterocycles. The van der Waals surface area contributed by atoms with E-state index in [2.05, 4.69) is 0 Å². The molecule has 1 rings (SSSR count). The molecule has 0 aliphatic carbocycles. The van der Waals surface area contributed by atoms with Crippen LogP contribution in [0.3, 0.4) is 0 Å². The molecule has 0 aromatic heterocycles. The van der Waals surface area contributed by atoms with Gasteiger partial charge in [0.15, 0.2) is 0 Å². The first-order chi connectivity index (χ1) is 8.75. The quantitative estimate of drug-likeness (QED) is 0.399. The van der Waals surface area contributed by atoms with Crippen LogP contribution in [0.25, 0.3) is 0 Å². The minimum atomic E-state index is -5.09. The summed E-state index contributed by atoms with van der Waals surface area (Å²) in [4.78, 5) is 20.5. The molecule has 19 heavy (non-hydrogen) atoms. The standard InChI is InChI=1S/C9H4F3N3O3S/c10-9(11,12)8(16)14-5-1-2-7(19-4-13)6(3-5)15(17)18/h1-3H,(H,14,16). The number of rotatable bonds is 3. The number of nitrogens with one attached hydrogen (secondary N) is 1. The third-order valence-corrected chi connectivity index (χ3v) is 2.48. The van der Waals surface area contributed by atoms with Crippen molar-refractivity contribution in [1.29, 1.82) is 5.26 Å². The summed E-state index contributed by atoms with van der Waals surface area (Å²) in [6.45, 7) is 0. The Hall–Kier alpha value is -2.28. The number of nitro benzene ring substituents is 1. The van der Waals surface area contributed by atoms with Gasteiger partial charge in [0, 0.05) is 11.8 Å². The fraction of sp³-hybridized carbons (Fsp3) is 0.111. The molecule has 1 aromatic carbocycles. The zero-order valence-electron chi connectivity index (χ0n) is 8.89. The highest BCUT2D eigenvalue weighted by atomic mass is 32.2. The van der Waals surface area contributed by atoms with Crippen LogP contribution in [0.1, 0.15) is 0 Å². The third-order valence-electron chi connectivity index (χ3n) is 1.83. The van der Waals surface area contributed by atoms with Crippen LogP contribution >= 0.6 is 11.8 Å². The van der Waals surface area contributed by atoms with Gasteiger partial charge in [-0.2, -0.15) is 18.4 Å². The molecular weight excluding hydrogens is 287 g/mol. The van der Waals surface area contributed by atoms with Gasteiger partial charge in [0.25, 0.3) is 5.69 Å². The largest absolute Gasteiger partial charge is 0.471 e. The first-order valence-electron chi connectivity index (χ1n) is 4.48. The summed E-state index contributed by atoms with van der Waals surface area (Å²) >= 11 is 0.492. The average Bonchev–Trinajstić information content (AvgIpc) is 2.29. The maximum absolute atomic E-state index is 12.0. The molecule has 1 N–H and O–H groups in total. The number of alkyl halides is 3. The van der Waals surface area contributed by atoms with Crippen molar-refractivity contribution in [2.75, 3.05) is 5.32 Å². The van der Waals surface area contributed by atoms with Crippen molar-refractivity contribution in [3.63, 3.8) is 0 Å². The second kappa shape index (κ2) is 5.57. The van der Waals surface area contributed by atoms with E-state index in [1.165, 1.54) is 5.32 Å². The van der Waals surface area contributed by atoms with Gasteiger partial charge in [-0.1, -0.05) is 0 Å². The molecule has 6 nitrogen and oxygen atoms in total. The van der Waals surface area contributed by atoms with E-state index in [4.69, 9.17) is 5.26 Å². The molecular formula is C9H4F3N3O3S. The van der Waals surface area contributed by atoms with Gasteiger partial charge in [-0.3, -0.25) is 14.9 Å². The van der Waals surface area contributed by atoms with E-state index in [9.17, 15) is 28.1 Å². The van der Waals surface area contributed by atoms with Gasteiger partial charge in [-0.05, 0) is 23.9 Å². The first-order valence-corrected chi connectivity index (χ1v) is 5.30. The molecule has 0 fully saturated rings. The zero-order chi connectivity index (χ0) is 14.6. The predicted molar refractivity (Wildman–Crippen MR) is 59.3 cm³/mol. The third kappa shape index (κ3) is 3.85. The topological polar surface area (TPSA) is 96.0 Å². The Morgan fingerprint density at radius 3 is 2.58 bits per heavy atom. The number of carbonyl (C=O) groups is 1. The Bertz CT molecular complexity index is 568. The number of carbonyl (C=O) groups excluding carboxylic acids is 1. The summed E-state index contributed by atoms with van der Waals surface area (Å²) in [5.74, 6) is -2.23. The number of nitrogens with zero attached hydrogens (tertiary/aromatic N) is 2. The summed E-state index contributed by atoms with van der Waals surface area (Å²) in [6, 6.07) is 2.87. The number of benzene rings is 1. The summed E-state index contributed by atoms with van der Waals surface area (Å²) in [6.07, 6.45) is -5.09. The molecule has 0 unspecified atom stereocenters. The van der Waals surface area contributed by atoms with E-state index in [0.717, 1.165) is 18.2 Å². The maximum Gasteiger partial charge on any atom is 0.471 e. The number of halogens is 3. The number of anilines is 1. The maximum atomic E-state index is 12.0. The molecule has 1 amide bonds. The van der Waals surface area contributed by atoms with Gasteiger partial charge in [-0.25, -0.2) is 0 Å². The summed E-state index contributed by atoms with van der Waals surface area (Å²) < 4.78 is 36.0. The predicted octanol–water partition coefficient (Wildman–Crippen LogP) is 2.67. The highest BCUT2D eigenvalue weighted by molar-refractivity contribution is 8.03. The molecule has 10 heteroatoms. The second-order valence-electron chi connectivity index (χ2n) is 3.08. The highest BCUT2D eigenvalue weighted by Crippen LogP contribution is 2.31. The smallest absolute Gasteiger partial charge is 0.318 e. The number of thiocyanates is 1. The molecule has 0 atom stereocenters. The van der Waals surface area contributed by atoms with Gasteiger partial charge >= 0.3 is 12.1 Å². The zero-order valence-corrected chi connectivity index (χ0v) is 9.71. The van der Waals surface area contributed by atoms with Crippen LogP contribution in [-0.2, 0) is 4.79 Å². The highest BCUT2D eigenvalue weighted by Gasteiger charge is 2.38. The molecule has 0 heterocycles. The summed E-state index contributed by atoms with van der Waals surface area (Å²) in [5.41, 5.74) is -0.942. The van der Waals surface area contributed by atoms with Crippen LogP contribution in [0, 0.1) is 20.8 Å². The van der Waals surface area contributed by atoms with Crippen molar-refractivity contribution in [1.82, 2.24) is 0 Å². The molecule has 0 spiro atoms. The van der Waals surface area contributed by atoms with Crippen molar-refractivity contribution in [3.8, 4) is 5.40 Å². The fourth-order valence-corrected chi connectivity index (χ4v) is 1.55. The van der Waals surface area contributed by atoms with Crippen molar-refractivity contribution in [2.45, 2.75) is 11.1 Å². The molecule has 0 saturated carbocycles. The fourth-order valence-electron chi connectivity index (χ4n) is 1.08. The lowest BCUT2D eigenvalue weighted by molar-refractivity contribution is -0.387. The van der Waals surface area contributed by atoms with Crippen LogP contribution in [-0.4, -0.2) is 17.0 Å². The normalized spacial score (nSPS) is 10.6. The first kappa shape index (κ1) is 14.8. The number of hydrogen-bond acceptors (Lipinski definition) is 5. The van der Waals surface area contributed by atoms with E-state index in [-0.39, 0.29) is 10.6 Å². The van der Waals surface area contributed by atoms with Gasteiger partial charge in [-0.15, -0.1) is 0 Å². The van der Waals surface area contributed by atoms with Gasteiger partial charge in [0.2, 0.25) is 0 Å². The number of thioether (sulfide) groups is 1. The SMILES string of the molecule is N#CSc1ccc(NC(=O)C(F)(F)F)cc1[N+](=O)[O-]. The Morgan fingerprint density at radius 2 is 2.11 bits per heavy atom. The number of nitriles is 1. The Balaban J connectivity index is 3.07. The van der Waals surface area contributed by atoms with E-state index < -0.39 is 22.7 Å². The molecule has 0 saturated heterocycles. The summed E-state index contributed by atoms with van der Waals surface area (Å²) in [7, 11) is 0. The van der Waals surface area contributed by atoms with Gasteiger partial charge < -0.3 is 5.32 Å². The Morgan fingerprint density at radius 1 is 1.47 bits per heavy atom. The van der Waals surface area contributed by atoms with Crippen molar-refractivity contribution in [2.24, 2.45) is 0 Å². The molecule has 0 aliphatic rings. The van der Waals surface area contributed by atoms with Gasteiger partial charge in [0.1, 0.15) is 10.3 Å². The number of hydrogen-bond donors (Lipinski definition) is 1. The number of nitro groups is 1. The van der Waals surface area contributed by atoms with Gasteiger partial charge in [0.05, 0.1) is 4.92 Å². The van der Waals surface area contributed by atoms with E-state index in [1.807, 2.05) is 0 Å². The van der Waals surface area contributed by atoms with Crippen LogP contribution in [0.2, 0.25) is 0 Å². The van der Waals surface area contributed by atoms with Crippen LogP contribution < -0.4 is 5.32 Å². The Labute approximate surface area is 108 Å². The molecule has 0 radical (unpaired) electrons. The minimum Gasteiger partial charge on any atom is -0.318 e.